The molecule has 0 aromatic rings. The first-order chi connectivity index (χ1) is 7.43. The molecule has 0 aliphatic heterocycles. The molecule has 3 atom stereocenters. The van der Waals surface area contributed by atoms with Gasteiger partial charge in [-0.15, -0.1) is 0 Å². The van der Waals surface area contributed by atoms with Crippen molar-refractivity contribution in [1.82, 2.24) is 0 Å². The second-order valence-electron chi connectivity index (χ2n) is 5.93. The molecule has 0 aromatic heterocycles. The van der Waals surface area contributed by atoms with Crippen molar-refractivity contribution in [1.29, 1.82) is 5.26 Å². The van der Waals surface area contributed by atoms with Crippen LogP contribution in [0.25, 0.3) is 0 Å². The van der Waals surface area contributed by atoms with Crippen molar-refractivity contribution >= 4 is 0 Å². The zero-order chi connectivity index (χ0) is 12.2. The highest BCUT2D eigenvalue weighted by Crippen LogP contribution is 2.39. The van der Waals surface area contributed by atoms with E-state index in [1.165, 1.54) is 6.42 Å². The Hall–Kier alpha value is -0.590. The molecule has 92 valence electrons. The highest BCUT2D eigenvalue weighted by atomic mass is 16.5. The number of ether oxygens (including phenoxy) is 1. The number of rotatable bonds is 4. The van der Waals surface area contributed by atoms with Gasteiger partial charge in [-0.2, -0.15) is 5.26 Å². The maximum atomic E-state index is 8.57. The van der Waals surface area contributed by atoms with Gasteiger partial charge < -0.3 is 10.5 Å². The molecule has 1 rings (SSSR count). The molecule has 0 amide bonds. The predicted molar refractivity (Wildman–Crippen MR) is 64.7 cm³/mol. The van der Waals surface area contributed by atoms with E-state index in [0.717, 1.165) is 18.8 Å². The highest BCUT2D eigenvalue weighted by Gasteiger charge is 2.32. The molecular weight excluding hydrogens is 200 g/mol. The quantitative estimate of drug-likeness (QED) is 0.798. The number of hydrogen-bond acceptors (Lipinski definition) is 3. The third-order valence-corrected chi connectivity index (χ3v) is 3.29. The van der Waals surface area contributed by atoms with Crippen molar-refractivity contribution in [2.24, 2.45) is 17.1 Å². The van der Waals surface area contributed by atoms with Crippen LogP contribution in [-0.4, -0.2) is 18.8 Å². The summed E-state index contributed by atoms with van der Waals surface area (Å²) in [7, 11) is 0. The summed E-state index contributed by atoms with van der Waals surface area (Å²) in [5, 5.41) is 8.57. The van der Waals surface area contributed by atoms with Crippen molar-refractivity contribution in [3.05, 3.63) is 0 Å². The summed E-state index contributed by atoms with van der Waals surface area (Å²) in [6.07, 6.45) is 4.54. The van der Waals surface area contributed by atoms with Crippen LogP contribution in [0, 0.1) is 22.7 Å². The maximum Gasteiger partial charge on any atom is 0.0950 e. The molecule has 0 saturated heterocycles. The first-order valence-electron chi connectivity index (χ1n) is 6.20. The zero-order valence-electron chi connectivity index (χ0n) is 10.7. The van der Waals surface area contributed by atoms with Gasteiger partial charge in [0.15, 0.2) is 0 Å². The molecule has 1 saturated carbocycles. The van der Waals surface area contributed by atoms with Gasteiger partial charge >= 0.3 is 0 Å². The van der Waals surface area contributed by atoms with Crippen LogP contribution in [0.4, 0.5) is 0 Å². The monoisotopic (exact) mass is 224 g/mol. The molecule has 1 aliphatic carbocycles. The lowest BCUT2D eigenvalue weighted by Crippen LogP contribution is -2.33. The fourth-order valence-electron chi connectivity index (χ4n) is 2.81. The van der Waals surface area contributed by atoms with E-state index in [-0.39, 0.29) is 6.04 Å². The van der Waals surface area contributed by atoms with Crippen molar-refractivity contribution in [2.45, 2.75) is 58.6 Å². The van der Waals surface area contributed by atoms with E-state index in [1.807, 2.05) is 6.07 Å². The highest BCUT2D eigenvalue weighted by molar-refractivity contribution is 4.87. The van der Waals surface area contributed by atoms with Crippen molar-refractivity contribution in [3.8, 4) is 6.07 Å². The zero-order valence-corrected chi connectivity index (χ0v) is 10.7. The van der Waals surface area contributed by atoms with E-state index >= 15 is 0 Å². The van der Waals surface area contributed by atoms with Gasteiger partial charge in [0, 0.05) is 6.61 Å². The standard InChI is InChI=1S/C13H24N2O/c1-10-6-12(8-13(2,3)7-10)16-5-4-11(15)9-14/h10-12H,4-8,15H2,1-3H3. The minimum absolute atomic E-state index is 0.352. The number of hydrogen-bond donors (Lipinski definition) is 1. The summed E-state index contributed by atoms with van der Waals surface area (Å²) in [6.45, 7) is 7.51. The Morgan fingerprint density at radius 2 is 2.19 bits per heavy atom. The smallest absolute Gasteiger partial charge is 0.0950 e. The molecule has 3 unspecified atom stereocenters. The molecule has 3 nitrogen and oxygen atoms in total. The second kappa shape index (κ2) is 5.65. The first-order valence-corrected chi connectivity index (χ1v) is 6.20. The summed E-state index contributed by atoms with van der Waals surface area (Å²) in [5.74, 6) is 0.735. The Bertz CT molecular complexity index is 257. The molecule has 16 heavy (non-hydrogen) atoms. The average molecular weight is 224 g/mol. The number of nitrogens with two attached hydrogens (primary N) is 1. The Kier molecular flexibility index (Phi) is 4.76. The molecule has 1 fully saturated rings. The van der Waals surface area contributed by atoms with E-state index in [4.69, 9.17) is 15.7 Å². The molecule has 0 heterocycles. The van der Waals surface area contributed by atoms with E-state index in [9.17, 15) is 0 Å². The molecule has 1 aliphatic rings. The minimum Gasteiger partial charge on any atom is -0.378 e. The van der Waals surface area contributed by atoms with Crippen molar-refractivity contribution in [3.63, 3.8) is 0 Å². The summed E-state index contributed by atoms with van der Waals surface area (Å²) < 4.78 is 5.83. The second-order valence-corrected chi connectivity index (χ2v) is 5.93. The molecule has 0 aromatic carbocycles. The van der Waals surface area contributed by atoms with Crippen LogP contribution >= 0.6 is 0 Å². The maximum absolute atomic E-state index is 8.57. The lowest BCUT2D eigenvalue weighted by Gasteiger charge is -2.38. The van der Waals surface area contributed by atoms with Crippen LogP contribution in [0.5, 0.6) is 0 Å². The van der Waals surface area contributed by atoms with Crippen molar-refractivity contribution < 1.29 is 4.74 Å². The fourth-order valence-corrected chi connectivity index (χ4v) is 2.81. The Morgan fingerprint density at radius 1 is 1.50 bits per heavy atom. The predicted octanol–water partition coefficient (Wildman–Crippen LogP) is 2.46. The molecule has 0 bridgehead atoms. The van der Waals surface area contributed by atoms with Crippen LogP contribution in [0.15, 0.2) is 0 Å². The molecular formula is C13H24N2O. The Labute approximate surface area is 99.0 Å². The number of nitrogens with zero attached hydrogens (tertiary/aromatic N) is 1. The van der Waals surface area contributed by atoms with Gasteiger partial charge in [-0.05, 0) is 37.0 Å². The molecule has 3 heteroatoms. The topological polar surface area (TPSA) is 59.0 Å². The average Bonchev–Trinajstić information content (AvgIpc) is 2.14. The van der Waals surface area contributed by atoms with E-state index in [0.29, 0.717) is 24.5 Å². The minimum atomic E-state index is -0.381. The largest absolute Gasteiger partial charge is 0.378 e. The van der Waals surface area contributed by atoms with Crippen LogP contribution in [0.3, 0.4) is 0 Å². The Morgan fingerprint density at radius 3 is 2.75 bits per heavy atom. The molecule has 0 radical (unpaired) electrons. The van der Waals surface area contributed by atoms with Gasteiger partial charge in [-0.1, -0.05) is 20.8 Å². The third kappa shape index (κ3) is 4.51. The van der Waals surface area contributed by atoms with Crippen LogP contribution in [0.1, 0.15) is 46.5 Å². The lowest BCUT2D eigenvalue weighted by molar-refractivity contribution is -0.0239. The first kappa shape index (κ1) is 13.5. The molecule has 0 spiro atoms. The van der Waals surface area contributed by atoms with Gasteiger partial charge in [0.1, 0.15) is 0 Å². The van der Waals surface area contributed by atoms with Crippen LogP contribution < -0.4 is 5.73 Å². The summed E-state index contributed by atoms with van der Waals surface area (Å²) >= 11 is 0. The van der Waals surface area contributed by atoms with E-state index in [1.54, 1.807) is 0 Å². The lowest BCUT2D eigenvalue weighted by atomic mass is 9.71. The molecule has 2 N–H and O–H groups in total. The summed E-state index contributed by atoms with van der Waals surface area (Å²) in [4.78, 5) is 0. The van der Waals surface area contributed by atoms with Crippen LogP contribution in [-0.2, 0) is 4.74 Å². The fraction of sp³-hybridized carbons (Fsp3) is 0.923. The van der Waals surface area contributed by atoms with Gasteiger partial charge in [-0.25, -0.2) is 0 Å². The van der Waals surface area contributed by atoms with Gasteiger partial charge in [0.25, 0.3) is 0 Å². The van der Waals surface area contributed by atoms with Crippen molar-refractivity contribution in [2.75, 3.05) is 6.61 Å². The Balaban J connectivity index is 2.29. The number of nitriles is 1. The van der Waals surface area contributed by atoms with E-state index < -0.39 is 0 Å². The van der Waals surface area contributed by atoms with Gasteiger partial charge in [-0.3, -0.25) is 0 Å². The summed E-state index contributed by atoms with van der Waals surface area (Å²) in [5.41, 5.74) is 5.92. The van der Waals surface area contributed by atoms with Crippen LogP contribution in [0.2, 0.25) is 0 Å². The van der Waals surface area contributed by atoms with Gasteiger partial charge in [0.2, 0.25) is 0 Å². The van der Waals surface area contributed by atoms with Gasteiger partial charge in [0.05, 0.1) is 18.2 Å². The summed E-state index contributed by atoms with van der Waals surface area (Å²) in [6, 6.07) is 1.64. The normalized spacial score (nSPS) is 30.7. The third-order valence-electron chi connectivity index (χ3n) is 3.29. The van der Waals surface area contributed by atoms with E-state index in [2.05, 4.69) is 20.8 Å². The SMILES string of the molecule is CC1CC(OCCC(N)C#N)CC(C)(C)C1.